The van der Waals surface area contributed by atoms with Crippen LogP contribution in [0.2, 0.25) is 0 Å². The Morgan fingerprint density at radius 2 is 0.345 bits per heavy atom. The molecular weight excluding hydrogens is 697 g/mol. The zero-order chi connectivity index (χ0) is 38.4. The third-order valence-corrected chi connectivity index (χ3v) is 11.9. The Labute approximate surface area is 339 Å². The predicted octanol–water partition coefficient (Wildman–Crippen LogP) is 16.3. The van der Waals surface area contributed by atoms with E-state index in [1.807, 2.05) is 0 Å². The molecule has 11 aromatic rings. The van der Waals surface area contributed by atoms with Crippen molar-refractivity contribution in [2.75, 3.05) is 0 Å². The average molecular weight is 735 g/mol. The maximum Gasteiger partial charge on any atom is -0.00259 e. The molecule has 0 unspecified atom stereocenters. The first kappa shape index (κ1) is 33.8. The standard InChI is InChI=1S/C58H38/c1-7-19-39(20-8-1)45-31-32-46(40-21-9-2-10-22-40)50-36-54-53(35-49(45)50)57(43-27-15-5-16-28-43)55-37-51-47(41-23-11-3-12-24-41)33-34-48(42-25-13-4-14-26-42)52(51)38-56(55)58(54)44-29-17-6-18-30-44/h1-38H. The van der Waals surface area contributed by atoms with Gasteiger partial charge in [0, 0.05) is 0 Å². The third-order valence-electron chi connectivity index (χ3n) is 11.9. The maximum atomic E-state index is 2.50. The molecule has 0 aliphatic carbocycles. The first-order valence-electron chi connectivity index (χ1n) is 20.1. The van der Waals surface area contributed by atoms with Gasteiger partial charge in [-0.15, -0.1) is 0 Å². The number of hydrogen-bond acceptors (Lipinski definition) is 0. The van der Waals surface area contributed by atoms with Crippen LogP contribution in [-0.4, -0.2) is 0 Å². The summed E-state index contributed by atoms with van der Waals surface area (Å²) < 4.78 is 0. The summed E-state index contributed by atoms with van der Waals surface area (Å²) in [5, 5.41) is 9.94. The highest BCUT2D eigenvalue weighted by molar-refractivity contribution is 6.28. The lowest BCUT2D eigenvalue weighted by molar-refractivity contribution is 1.62. The second-order valence-corrected chi connectivity index (χ2v) is 15.2. The van der Waals surface area contributed by atoms with Crippen LogP contribution in [0.4, 0.5) is 0 Å². The highest BCUT2D eigenvalue weighted by Crippen LogP contribution is 2.50. The van der Waals surface area contributed by atoms with Crippen molar-refractivity contribution in [2.45, 2.75) is 0 Å². The summed E-state index contributed by atoms with van der Waals surface area (Å²) in [5.41, 5.74) is 14.7. The molecule has 0 saturated heterocycles. The molecule has 0 heterocycles. The lowest BCUT2D eigenvalue weighted by Crippen LogP contribution is -1.95. The Kier molecular flexibility index (Phi) is 8.26. The van der Waals surface area contributed by atoms with Gasteiger partial charge in [0.15, 0.2) is 0 Å². The summed E-state index contributed by atoms with van der Waals surface area (Å²) in [6, 6.07) is 84.7. The molecule has 58 heavy (non-hydrogen) atoms. The van der Waals surface area contributed by atoms with Crippen LogP contribution in [-0.2, 0) is 0 Å². The van der Waals surface area contributed by atoms with Gasteiger partial charge in [-0.3, -0.25) is 0 Å². The van der Waals surface area contributed by atoms with Crippen LogP contribution in [0.25, 0.3) is 110 Å². The summed E-state index contributed by atoms with van der Waals surface area (Å²) >= 11 is 0. The zero-order valence-corrected chi connectivity index (χ0v) is 31.9. The van der Waals surface area contributed by atoms with Crippen molar-refractivity contribution >= 4 is 43.1 Å². The smallest absolute Gasteiger partial charge is 0.00259 e. The molecule has 0 radical (unpaired) electrons. The number of hydrogen-bond donors (Lipinski definition) is 0. The Morgan fingerprint density at radius 3 is 0.552 bits per heavy atom. The summed E-state index contributed by atoms with van der Waals surface area (Å²) in [6.45, 7) is 0. The van der Waals surface area contributed by atoms with Crippen molar-refractivity contribution in [3.05, 3.63) is 231 Å². The second kappa shape index (κ2) is 14.2. The normalized spacial score (nSPS) is 11.4. The van der Waals surface area contributed by atoms with Gasteiger partial charge in [0.2, 0.25) is 0 Å². The van der Waals surface area contributed by atoms with Crippen molar-refractivity contribution < 1.29 is 0 Å². The van der Waals surface area contributed by atoms with E-state index in [0.29, 0.717) is 0 Å². The summed E-state index contributed by atoms with van der Waals surface area (Å²) in [6.07, 6.45) is 0. The van der Waals surface area contributed by atoms with Crippen LogP contribution in [0.15, 0.2) is 231 Å². The molecular formula is C58H38. The van der Waals surface area contributed by atoms with Crippen molar-refractivity contribution in [3.8, 4) is 66.8 Å². The van der Waals surface area contributed by atoms with E-state index >= 15 is 0 Å². The van der Waals surface area contributed by atoms with Crippen molar-refractivity contribution in [1.29, 1.82) is 0 Å². The maximum absolute atomic E-state index is 2.50. The van der Waals surface area contributed by atoms with Crippen LogP contribution < -0.4 is 0 Å². The van der Waals surface area contributed by atoms with Crippen LogP contribution in [0, 0.1) is 0 Å². The van der Waals surface area contributed by atoms with Gasteiger partial charge in [-0.05, 0) is 134 Å². The van der Waals surface area contributed by atoms with Crippen molar-refractivity contribution in [2.24, 2.45) is 0 Å². The van der Waals surface area contributed by atoms with E-state index in [-0.39, 0.29) is 0 Å². The number of fused-ring (bicyclic) bond motifs is 4. The molecule has 11 rings (SSSR count). The van der Waals surface area contributed by atoms with Crippen molar-refractivity contribution in [1.82, 2.24) is 0 Å². The van der Waals surface area contributed by atoms with Crippen molar-refractivity contribution in [3.63, 3.8) is 0 Å². The first-order chi connectivity index (χ1) is 28.8. The fraction of sp³-hybridized carbons (Fsp3) is 0. The average Bonchev–Trinajstić information content (AvgIpc) is 3.30. The Balaban J connectivity index is 1.38. The Hall–Kier alpha value is -7.54. The summed E-state index contributed by atoms with van der Waals surface area (Å²) in [5.74, 6) is 0. The lowest BCUT2D eigenvalue weighted by Gasteiger charge is -2.22. The molecule has 0 aliphatic rings. The topological polar surface area (TPSA) is 0 Å². The molecule has 0 spiro atoms. The van der Waals surface area contributed by atoms with Gasteiger partial charge in [0.05, 0.1) is 0 Å². The largest absolute Gasteiger partial charge is 0.0622 e. The molecule has 0 fully saturated rings. The molecule has 0 aliphatic heterocycles. The van der Waals surface area contributed by atoms with E-state index in [2.05, 4.69) is 231 Å². The molecule has 11 aromatic carbocycles. The van der Waals surface area contributed by atoms with Gasteiger partial charge in [-0.25, -0.2) is 0 Å². The Bertz CT molecular complexity index is 2850. The van der Waals surface area contributed by atoms with E-state index in [1.54, 1.807) is 0 Å². The second-order valence-electron chi connectivity index (χ2n) is 15.2. The SMILES string of the molecule is c1ccc(-c2ccc(-c3ccccc3)c3cc4c(-c5ccccc5)c5cc6c(-c7ccccc7)ccc(-c7ccccc7)c6cc5c(-c5ccccc5)c4cc23)cc1. The zero-order valence-electron chi connectivity index (χ0n) is 31.9. The number of rotatable bonds is 6. The highest BCUT2D eigenvalue weighted by Gasteiger charge is 2.22. The fourth-order valence-electron chi connectivity index (χ4n) is 9.21. The van der Waals surface area contributed by atoms with Crippen LogP contribution in [0.5, 0.6) is 0 Å². The van der Waals surface area contributed by atoms with Crippen LogP contribution in [0.1, 0.15) is 0 Å². The molecule has 0 heteroatoms. The molecule has 270 valence electrons. The van der Waals surface area contributed by atoms with Gasteiger partial charge in [-0.1, -0.05) is 206 Å². The van der Waals surface area contributed by atoms with Gasteiger partial charge in [-0.2, -0.15) is 0 Å². The van der Waals surface area contributed by atoms with E-state index in [4.69, 9.17) is 0 Å². The van der Waals surface area contributed by atoms with E-state index < -0.39 is 0 Å². The number of benzene rings is 11. The summed E-state index contributed by atoms with van der Waals surface area (Å²) in [4.78, 5) is 0. The Morgan fingerprint density at radius 1 is 0.155 bits per heavy atom. The molecule has 0 amide bonds. The molecule has 0 atom stereocenters. The summed E-state index contributed by atoms with van der Waals surface area (Å²) in [7, 11) is 0. The highest BCUT2D eigenvalue weighted by atomic mass is 14.2. The van der Waals surface area contributed by atoms with Gasteiger partial charge in [0.1, 0.15) is 0 Å². The fourth-order valence-corrected chi connectivity index (χ4v) is 9.21. The lowest BCUT2D eigenvalue weighted by atomic mass is 9.81. The van der Waals surface area contributed by atoms with Crippen LogP contribution in [0.3, 0.4) is 0 Å². The minimum atomic E-state index is 1.21. The molecule has 0 N–H and O–H groups in total. The monoisotopic (exact) mass is 734 g/mol. The van der Waals surface area contributed by atoms with Gasteiger partial charge < -0.3 is 0 Å². The van der Waals surface area contributed by atoms with E-state index in [1.165, 1.54) is 110 Å². The van der Waals surface area contributed by atoms with Gasteiger partial charge in [0.25, 0.3) is 0 Å². The minimum absolute atomic E-state index is 1.21. The quantitative estimate of drug-likeness (QED) is 0.149. The van der Waals surface area contributed by atoms with E-state index in [0.717, 1.165) is 0 Å². The van der Waals surface area contributed by atoms with Gasteiger partial charge >= 0.3 is 0 Å². The molecule has 0 saturated carbocycles. The van der Waals surface area contributed by atoms with E-state index in [9.17, 15) is 0 Å². The minimum Gasteiger partial charge on any atom is -0.0622 e. The molecule has 0 aromatic heterocycles. The van der Waals surface area contributed by atoms with Crippen LogP contribution >= 0.6 is 0 Å². The first-order valence-corrected chi connectivity index (χ1v) is 20.1. The molecule has 0 nitrogen and oxygen atoms in total. The predicted molar refractivity (Wildman–Crippen MR) is 249 cm³/mol. The molecule has 0 bridgehead atoms. The third kappa shape index (κ3) is 5.69.